The number of halogens is 1. The van der Waals surface area contributed by atoms with Crippen LogP contribution in [0.15, 0.2) is 24.0 Å². The lowest BCUT2D eigenvalue weighted by Crippen LogP contribution is -2.36. The summed E-state index contributed by atoms with van der Waals surface area (Å²) in [4.78, 5) is 11.8. The van der Waals surface area contributed by atoms with Crippen LogP contribution in [0.3, 0.4) is 0 Å². The van der Waals surface area contributed by atoms with Gasteiger partial charge in [-0.15, -0.1) is 0 Å². The highest BCUT2D eigenvalue weighted by molar-refractivity contribution is 6.29. The molecule has 0 aliphatic rings. The number of aryl methyl sites for hydroxylation is 1. The summed E-state index contributed by atoms with van der Waals surface area (Å²) in [6.45, 7) is 3.77. The first kappa shape index (κ1) is 12.7. The van der Waals surface area contributed by atoms with Crippen molar-refractivity contribution >= 4 is 17.5 Å². The molecule has 0 saturated carbocycles. The van der Waals surface area contributed by atoms with Gasteiger partial charge in [-0.2, -0.15) is 5.10 Å². The van der Waals surface area contributed by atoms with Crippen molar-refractivity contribution in [1.29, 1.82) is 0 Å². The van der Waals surface area contributed by atoms with Crippen molar-refractivity contribution in [2.75, 3.05) is 13.6 Å². The largest absolute Gasteiger partial charge is 0.349 e. The lowest BCUT2D eigenvalue weighted by Gasteiger charge is -2.13. The molecule has 1 aromatic heterocycles. The highest BCUT2D eigenvalue weighted by Gasteiger charge is 2.19. The van der Waals surface area contributed by atoms with E-state index in [9.17, 15) is 4.79 Å². The van der Waals surface area contributed by atoms with Crippen molar-refractivity contribution in [3.05, 3.63) is 29.6 Å². The van der Waals surface area contributed by atoms with Crippen LogP contribution >= 0.6 is 11.6 Å². The first-order valence-corrected chi connectivity index (χ1v) is 5.19. The van der Waals surface area contributed by atoms with Gasteiger partial charge in [0, 0.05) is 23.8 Å². The molecule has 0 aliphatic carbocycles. The fourth-order valence-corrected chi connectivity index (χ4v) is 1.39. The third-order valence-corrected chi connectivity index (χ3v) is 2.20. The molecule has 1 aromatic rings. The Morgan fingerprint density at radius 3 is 2.88 bits per heavy atom. The molecule has 1 unspecified atom stereocenters. The topological polar surface area (TPSA) is 59.0 Å². The minimum atomic E-state index is -0.426. The number of amides is 1. The molecule has 88 valence electrons. The second kappa shape index (κ2) is 5.67. The Kier molecular flexibility index (Phi) is 4.52. The Balaban J connectivity index is 2.67. The van der Waals surface area contributed by atoms with Crippen molar-refractivity contribution in [3.8, 4) is 0 Å². The molecule has 1 amide bonds. The maximum Gasteiger partial charge on any atom is 0.242 e. The molecule has 0 aliphatic heterocycles. The maximum atomic E-state index is 11.8. The number of nitrogens with zero attached hydrogens (tertiary/aromatic N) is 2. The van der Waals surface area contributed by atoms with Gasteiger partial charge in [0.1, 0.15) is 6.04 Å². The number of likely N-dealkylation sites (N-methyl/N-ethyl adjacent to an activating group) is 1. The molecule has 16 heavy (non-hydrogen) atoms. The van der Waals surface area contributed by atoms with E-state index in [1.165, 1.54) is 0 Å². The Morgan fingerprint density at radius 1 is 1.75 bits per heavy atom. The molecule has 5 nitrogen and oxygen atoms in total. The fraction of sp³-hybridized carbons (Fsp3) is 0.400. The lowest BCUT2D eigenvalue weighted by atomic mass is 10.1. The van der Waals surface area contributed by atoms with E-state index in [0.29, 0.717) is 5.03 Å². The van der Waals surface area contributed by atoms with Gasteiger partial charge in [0.25, 0.3) is 0 Å². The summed E-state index contributed by atoms with van der Waals surface area (Å²) in [5.41, 5.74) is 0.808. The van der Waals surface area contributed by atoms with E-state index >= 15 is 0 Å². The number of nitrogens with one attached hydrogen (secondary N) is 2. The summed E-state index contributed by atoms with van der Waals surface area (Å²) in [7, 11) is 3.52. The molecular formula is C10H15ClN4O. The summed E-state index contributed by atoms with van der Waals surface area (Å²) in [5.74, 6) is -0.155. The Hall–Kier alpha value is -1.33. The first-order valence-electron chi connectivity index (χ1n) is 4.81. The van der Waals surface area contributed by atoms with Gasteiger partial charge in [0.05, 0.1) is 12.7 Å². The maximum absolute atomic E-state index is 11.8. The second-order valence-corrected chi connectivity index (χ2v) is 3.94. The SMILES string of the molecule is C=C(Cl)CNC(=O)C(NC)c1cnn(C)c1. The van der Waals surface area contributed by atoms with Crippen LogP contribution in [0.25, 0.3) is 0 Å². The van der Waals surface area contributed by atoms with Crippen molar-refractivity contribution in [2.45, 2.75) is 6.04 Å². The average molecular weight is 243 g/mol. The number of carbonyl (C=O) groups excluding carboxylic acids is 1. The first-order chi connectivity index (χ1) is 7.54. The van der Waals surface area contributed by atoms with Crippen molar-refractivity contribution in [3.63, 3.8) is 0 Å². The van der Waals surface area contributed by atoms with Crippen LogP contribution in [0.2, 0.25) is 0 Å². The lowest BCUT2D eigenvalue weighted by molar-refractivity contribution is -0.122. The van der Waals surface area contributed by atoms with Gasteiger partial charge in [-0.05, 0) is 7.05 Å². The molecule has 0 saturated heterocycles. The highest BCUT2D eigenvalue weighted by atomic mass is 35.5. The Morgan fingerprint density at radius 2 is 2.44 bits per heavy atom. The zero-order valence-corrected chi connectivity index (χ0v) is 10.1. The zero-order valence-electron chi connectivity index (χ0n) is 9.33. The number of aromatic nitrogens is 2. The molecule has 0 spiro atoms. The standard InChI is InChI=1S/C10H15ClN4O/c1-7(11)4-13-10(16)9(12-2)8-5-14-15(3)6-8/h5-6,9,12H,1,4H2,2-3H3,(H,13,16). The quantitative estimate of drug-likeness (QED) is 0.793. The van der Waals surface area contributed by atoms with E-state index in [4.69, 9.17) is 11.6 Å². The zero-order chi connectivity index (χ0) is 12.1. The smallest absolute Gasteiger partial charge is 0.242 e. The molecule has 0 bridgehead atoms. The molecule has 6 heteroatoms. The van der Waals surface area contributed by atoms with Crippen LogP contribution in [-0.4, -0.2) is 29.3 Å². The van der Waals surface area contributed by atoms with E-state index < -0.39 is 6.04 Å². The van der Waals surface area contributed by atoms with Gasteiger partial charge < -0.3 is 10.6 Å². The predicted octanol–water partition coefficient (Wildman–Crippen LogP) is 0.549. The average Bonchev–Trinajstić information content (AvgIpc) is 2.63. The molecule has 0 aromatic carbocycles. The van der Waals surface area contributed by atoms with Gasteiger partial charge >= 0.3 is 0 Å². The van der Waals surface area contributed by atoms with Gasteiger partial charge in [-0.1, -0.05) is 18.2 Å². The summed E-state index contributed by atoms with van der Waals surface area (Å²) in [6, 6.07) is -0.426. The summed E-state index contributed by atoms with van der Waals surface area (Å²) < 4.78 is 1.65. The van der Waals surface area contributed by atoms with Crippen LogP contribution in [0.4, 0.5) is 0 Å². The van der Waals surface area contributed by atoms with Crippen molar-refractivity contribution < 1.29 is 4.79 Å². The normalized spacial score (nSPS) is 12.2. The molecule has 1 atom stereocenters. The van der Waals surface area contributed by atoms with Gasteiger partial charge in [0.2, 0.25) is 5.91 Å². The second-order valence-electron chi connectivity index (χ2n) is 3.40. The third kappa shape index (κ3) is 3.36. The minimum absolute atomic E-state index is 0.155. The van der Waals surface area contributed by atoms with Crippen LogP contribution in [0.5, 0.6) is 0 Å². The highest BCUT2D eigenvalue weighted by Crippen LogP contribution is 2.11. The molecule has 1 heterocycles. The number of rotatable bonds is 5. The fourth-order valence-electron chi connectivity index (χ4n) is 1.32. The Bertz CT molecular complexity index is 388. The number of hydrogen-bond acceptors (Lipinski definition) is 3. The number of hydrogen-bond donors (Lipinski definition) is 2. The molecule has 2 N–H and O–H groups in total. The molecule has 0 fully saturated rings. The summed E-state index contributed by atoms with van der Waals surface area (Å²) in [6.07, 6.45) is 3.44. The summed E-state index contributed by atoms with van der Waals surface area (Å²) in [5, 5.41) is 10.0. The monoisotopic (exact) mass is 242 g/mol. The molecular weight excluding hydrogens is 228 g/mol. The van der Waals surface area contributed by atoms with E-state index in [0.717, 1.165) is 5.56 Å². The van der Waals surface area contributed by atoms with E-state index in [1.54, 1.807) is 31.2 Å². The van der Waals surface area contributed by atoms with Gasteiger partial charge in [0.15, 0.2) is 0 Å². The van der Waals surface area contributed by atoms with Crippen molar-refractivity contribution in [2.24, 2.45) is 7.05 Å². The predicted molar refractivity (Wildman–Crippen MR) is 63.0 cm³/mol. The third-order valence-electron chi connectivity index (χ3n) is 2.06. The van der Waals surface area contributed by atoms with Crippen LogP contribution in [0.1, 0.15) is 11.6 Å². The van der Waals surface area contributed by atoms with Crippen molar-refractivity contribution in [1.82, 2.24) is 20.4 Å². The Labute approximate surface area is 99.5 Å². The van der Waals surface area contributed by atoms with E-state index in [2.05, 4.69) is 22.3 Å². The van der Waals surface area contributed by atoms with E-state index in [-0.39, 0.29) is 12.5 Å². The number of carbonyl (C=O) groups is 1. The van der Waals surface area contributed by atoms with Crippen LogP contribution < -0.4 is 10.6 Å². The van der Waals surface area contributed by atoms with Gasteiger partial charge in [-0.3, -0.25) is 9.48 Å². The minimum Gasteiger partial charge on any atom is -0.349 e. The molecule has 0 radical (unpaired) electrons. The van der Waals surface area contributed by atoms with Crippen LogP contribution in [-0.2, 0) is 11.8 Å². The van der Waals surface area contributed by atoms with Crippen LogP contribution in [0, 0.1) is 0 Å². The summed E-state index contributed by atoms with van der Waals surface area (Å²) >= 11 is 5.57. The van der Waals surface area contributed by atoms with E-state index in [1.807, 2.05) is 0 Å². The molecule has 1 rings (SSSR count). The van der Waals surface area contributed by atoms with Gasteiger partial charge in [-0.25, -0.2) is 0 Å².